The number of H-pyrrole nitrogens is 1. The molecule has 2 heterocycles. The number of fused-ring (bicyclic) bond motifs is 1. The molecule has 0 aromatic carbocycles. The zero-order valence-electron chi connectivity index (χ0n) is 6.53. The van der Waals surface area contributed by atoms with Crippen molar-refractivity contribution in [2.75, 3.05) is 0 Å². The van der Waals surface area contributed by atoms with Gasteiger partial charge in [0, 0.05) is 18.5 Å². The number of Topliss-reactive ketones (excluding diaryl/α,β-unsaturated/α-hetero) is 1. The summed E-state index contributed by atoms with van der Waals surface area (Å²) in [7, 11) is 0. The average molecular weight is 161 g/mol. The molecule has 0 saturated carbocycles. The maximum absolute atomic E-state index is 10.9. The van der Waals surface area contributed by atoms with Crippen molar-refractivity contribution in [3.8, 4) is 0 Å². The highest BCUT2D eigenvalue weighted by Crippen LogP contribution is 2.09. The van der Waals surface area contributed by atoms with Crippen LogP contribution in [0, 0.1) is 0 Å². The summed E-state index contributed by atoms with van der Waals surface area (Å²) in [5.41, 5.74) is 1.31. The first-order valence-corrected chi connectivity index (χ1v) is 3.57. The monoisotopic (exact) mass is 161 g/mol. The van der Waals surface area contributed by atoms with E-state index in [1.807, 2.05) is 0 Å². The maximum Gasteiger partial charge on any atom is 0.178 e. The van der Waals surface area contributed by atoms with Crippen LogP contribution in [0.3, 0.4) is 0 Å². The van der Waals surface area contributed by atoms with Gasteiger partial charge in [0.25, 0.3) is 0 Å². The smallest absolute Gasteiger partial charge is 0.178 e. The van der Waals surface area contributed by atoms with Gasteiger partial charge in [-0.3, -0.25) is 14.9 Å². The molecule has 0 bridgehead atoms. The molecule has 2 aromatic heterocycles. The van der Waals surface area contributed by atoms with Crippen LogP contribution in [0.5, 0.6) is 0 Å². The van der Waals surface area contributed by atoms with E-state index in [1.165, 1.54) is 6.92 Å². The van der Waals surface area contributed by atoms with E-state index < -0.39 is 0 Å². The number of carbonyl (C=O) groups is 1. The van der Waals surface area contributed by atoms with Crippen molar-refractivity contribution in [1.29, 1.82) is 0 Å². The lowest BCUT2D eigenvalue weighted by Gasteiger charge is -1.92. The third-order valence-corrected chi connectivity index (χ3v) is 1.68. The molecule has 0 atom stereocenters. The van der Waals surface area contributed by atoms with Crippen LogP contribution >= 0.6 is 0 Å². The molecule has 4 nitrogen and oxygen atoms in total. The van der Waals surface area contributed by atoms with Crippen molar-refractivity contribution >= 4 is 16.7 Å². The van der Waals surface area contributed by atoms with Crippen LogP contribution in [0.1, 0.15) is 17.4 Å². The molecule has 0 saturated heterocycles. The summed E-state index contributed by atoms with van der Waals surface area (Å²) in [4.78, 5) is 14.9. The molecule has 60 valence electrons. The molecular formula is C8H7N3O. The molecule has 0 aliphatic carbocycles. The van der Waals surface area contributed by atoms with Gasteiger partial charge in [-0.05, 0) is 6.07 Å². The Kier molecular flexibility index (Phi) is 1.40. The number of nitrogens with one attached hydrogen (secondary N) is 1. The van der Waals surface area contributed by atoms with E-state index in [-0.39, 0.29) is 5.78 Å². The summed E-state index contributed by atoms with van der Waals surface area (Å²) in [6, 6.07) is 1.70. The molecule has 12 heavy (non-hydrogen) atoms. The fourth-order valence-electron chi connectivity index (χ4n) is 1.03. The van der Waals surface area contributed by atoms with Gasteiger partial charge >= 0.3 is 0 Å². The van der Waals surface area contributed by atoms with Crippen molar-refractivity contribution in [3.63, 3.8) is 0 Å². The van der Waals surface area contributed by atoms with Gasteiger partial charge in [0.15, 0.2) is 5.78 Å². The number of nitrogens with zero attached hydrogens (tertiary/aromatic N) is 2. The van der Waals surface area contributed by atoms with Crippen LogP contribution in [0.15, 0.2) is 18.5 Å². The summed E-state index contributed by atoms with van der Waals surface area (Å²) in [6.45, 7) is 1.49. The number of aromatic amines is 1. The number of ketones is 1. The molecule has 0 aliphatic heterocycles. The van der Waals surface area contributed by atoms with Crippen LogP contribution in [-0.4, -0.2) is 21.0 Å². The second-order valence-electron chi connectivity index (χ2n) is 2.58. The molecule has 1 N–H and O–H groups in total. The Labute approximate surface area is 68.6 Å². The number of rotatable bonds is 1. The third-order valence-electron chi connectivity index (χ3n) is 1.68. The first kappa shape index (κ1) is 6.97. The largest absolute Gasteiger partial charge is 0.293 e. The normalized spacial score (nSPS) is 10.4. The minimum absolute atomic E-state index is 0.0356. The molecule has 0 unspecified atom stereocenters. The van der Waals surface area contributed by atoms with Crippen LogP contribution in [0.2, 0.25) is 0 Å². The van der Waals surface area contributed by atoms with E-state index in [0.29, 0.717) is 5.69 Å². The first-order valence-electron chi connectivity index (χ1n) is 3.57. The Bertz CT molecular complexity index is 433. The Hall–Kier alpha value is -1.71. The van der Waals surface area contributed by atoms with E-state index in [9.17, 15) is 4.79 Å². The second-order valence-corrected chi connectivity index (χ2v) is 2.58. The zero-order chi connectivity index (χ0) is 8.55. The van der Waals surface area contributed by atoms with Crippen LogP contribution < -0.4 is 0 Å². The lowest BCUT2D eigenvalue weighted by Crippen LogP contribution is -1.94. The highest BCUT2D eigenvalue weighted by Gasteiger charge is 2.02. The fourth-order valence-corrected chi connectivity index (χ4v) is 1.03. The zero-order valence-corrected chi connectivity index (χ0v) is 6.53. The topological polar surface area (TPSA) is 58.6 Å². The number of hydrogen-bond acceptors (Lipinski definition) is 3. The standard InChI is InChI=1S/C8H7N3O/c1-5(12)7-2-8-6(3-9-7)4-10-11-8/h2-4H,1H3,(H,10,11). The molecule has 0 aliphatic rings. The van der Waals surface area contributed by atoms with Crippen LogP contribution in [0.4, 0.5) is 0 Å². The molecule has 0 spiro atoms. The Morgan fingerprint density at radius 2 is 2.33 bits per heavy atom. The van der Waals surface area contributed by atoms with Gasteiger partial charge < -0.3 is 0 Å². The van der Waals surface area contributed by atoms with E-state index in [4.69, 9.17) is 0 Å². The summed E-state index contributed by atoms with van der Waals surface area (Å²) in [6.07, 6.45) is 3.31. The average Bonchev–Trinajstić information content (AvgIpc) is 2.49. The van der Waals surface area contributed by atoms with Gasteiger partial charge in [0.2, 0.25) is 0 Å². The Morgan fingerprint density at radius 1 is 1.50 bits per heavy atom. The van der Waals surface area contributed by atoms with Crippen LogP contribution in [0.25, 0.3) is 10.9 Å². The second kappa shape index (κ2) is 2.41. The maximum atomic E-state index is 10.9. The molecule has 2 aromatic rings. The highest BCUT2D eigenvalue weighted by atomic mass is 16.1. The van der Waals surface area contributed by atoms with Crippen molar-refractivity contribution < 1.29 is 4.79 Å². The van der Waals surface area contributed by atoms with E-state index >= 15 is 0 Å². The van der Waals surface area contributed by atoms with Crippen molar-refractivity contribution in [2.45, 2.75) is 6.92 Å². The number of aromatic nitrogens is 3. The quantitative estimate of drug-likeness (QED) is 0.638. The Morgan fingerprint density at radius 3 is 3.08 bits per heavy atom. The van der Waals surface area contributed by atoms with E-state index in [2.05, 4.69) is 15.2 Å². The number of hydrogen-bond donors (Lipinski definition) is 1. The SMILES string of the molecule is CC(=O)c1cc2[nH]ncc2cn1. The summed E-state index contributed by atoms with van der Waals surface area (Å²) in [5, 5.41) is 7.51. The van der Waals surface area contributed by atoms with Crippen LogP contribution in [-0.2, 0) is 0 Å². The molecule has 4 heteroatoms. The minimum Gasteiger partial charge on any atom is -0.293 e. The molecular weight excluding hydrogens is 154 g/mol. The van der Waals surface area contributed by atoms with Crippen molar-refractivity contribution in [2.24, 2.45) is 0 Å². The van der Waals surface area contributed by atoms with Gasteiger partial charge in [0.05, 0.1) is 11.7 Å². The number of carbonyl (C=O) groups excluding carboxylic acids is 1. The van der Waals surface area contributed by atoms with Crippen molar-refractivity contribution in [3.05, 3.63) is 24.2 Å². The van der Waals surface area contributed by atoms with Gasteiger partial charge in [-0.1, -0.05) is 0 Å². The minimum atomic E-state index is -0.0356. The van der Waals surface area contributed by atoms with Gasteiger partial charge in [0.1, 0.15) is 5.69 Å². The Balaban J connectivity index is 2.68. The predicted octanol–water partition coefficient (Wildman–Crippen LogP) is 1.16. The summed E-state index contributed by atoms with van der Waals surface area (Å²) in [5.74, 6) is -0.0356. The molecule has 0 fully saturated rings. The highest BCUT2D eigenvalue weighted by molar-refractivity contribution is 5.95. The number of pyridine rings is 1. The lowest BCUT2D eigenvalue weighted by molar-refractivity contribution is 0.101. The van der Waals surface area contributed by atoms with Gasteiger partial charge in [-0.2, -0.15) is 5.10 Å². The first-order chi connectivity index (χ1) is 5.77. The predicted molar refractivity (Wildman–Crippen MR) is 43.9 cm³/mol. The lowest BCUT2D eigenvalue weighted by atomic mass is 10.2. The molecule has 2 rings (SSSR count). The van der Waals surface area contributed by atoms with Gasteiger partial charge in [-0.25, -0.2) is 0 Å². The third kappa shape index (κ3) is 0.972. The summed E-state index contributed by atoms with van der Waals surface area (Å²) >= 11 is 0. The fraction of sp³-hybridized carbons (Fsp3) is 0.125. The summed E-state index contributed by atoms with van der Waals surface area (Å²) < 4.78 is 0. The van der Waals surface area contributed by atoms with E-state index in [0.717, 1.165) is 10.9 Å². The molecule has 0 amide bonds. The van der Waals surface area contributed by atoms with Gasteiger partial charge in [-0.15, -0.1) is 0 Å². The molecule has 0 radical (unpaired) electrons. The van der Waals surface area contributed by atoms with E-state index in [1.54, 1.807) is 18.5 Å². The van der Waals surface area contributed by atoms with Crippen molar-refractivity contribution in [1.82, 2.24) is 15.2 Å².